The molecule has 1 aromatic carbocycles. The van der Waals surface area contributed by atoms with E-state index in [4.69, 9.17) is 5.26 Å². The summed E-state index contributed by atoms with van der Waals surface area (Å²) in [6.45, 7) is 0.692. The van der Waals surface area contributed by atoms with E-state index in [1.807, 2.05) is 11.0 Å². The van der Waals surface area contributed by atoms with Crippen LogP contribution in [-0.4, -0.2) is 38.1 Å². The van der Waals surface area contributed by atoms with E-state index < -0.39 is 15.2 Å². The van der Waals surface area contributed by atoms with Gasteiger partial charge in [0, 0.05) is 30.0 Å². The van der Waals surface area contributed by atoms with Crippen LogP contribution in [0.5, 0.6) is 0 Å². The fourth-order valence-corrected chi connectivity index (χ4v) is 4.83. The first-order valence-corrected chi connectivity index (χ1v) is 8.67. The standard InChI is InChI=1S/C12H14N2O2S2/c1-18(15,16)12-9-17-6-5-14(12)11-4-2-3-10(7-11)8-13/h2-4,7,12H,5-6,9H2,1H3. The molecule has 2 rings (SSSR count). The third-order valence-electron chi connectivity index (χ3n) is 2.89. The molecule has 0 aliphatic carbocycles. The van der Waals surface area contributed by atoms with Crippen LogP contribution in [0.3, 0.4) is 0 Å². The highest BCUT2D eigenvalue weighted by Gasteiger charge is 2.31. The maximum atomic E-state index is 11.8. The number of benzene rings is 1. The quantitative estimate of drug-likeness (QED) is 0.822. The smallest absolute Gasteiger partial charge is 0.169 e. The molecule has 1 unspecified atom stereocenters. The maximum Gasteiger partial charge on any atom is 0.169 e. The Labute approximate surface area is 112 Å². The summed E-state index contributed by atoms with van der Waals surface area (Å²) in [5.74, 6) is 1.48. The van der Waals surface area contributed by atoms with Gasteiger partial charge in [-0.2, -0.15) is 17.0 Å². The summed E-state index contributed by atoms with van der Waals surface area (Å²) >= 11 is 1.65. The predicted octanol–water partition coefficient (Wildman–Crippen LogP) is 1.48. The Balaban J connectivity index is 2.37. The molecule has 18 heavy (non-hydrogen) atoms. The van der Waals surface area contributed by atoms with Gasteiger partial charge in [0.05, 0.1) is 11.6 Å². The number of nitriles is 1. The van der Waals surface area contributed by atoms with Crippen LogP contribution in [0.2, 0.25) is 0 Å². The van der Waals surface area contributed by atoms with E-state index in [0.717, 1.165) is 11.4 Å². The van der Waals surface area contributed by atoms with Crippen LogP contribution in [0.15, 0.2) is 24.3 Å². The van der Waals surface area contributed by atoms with Crippen LogP contribution >= 0.6 is 11.8 Å². The molecule has 1 aliphatic rings. The molecule has 0 N–H and O–H groups in total. The Bertz CT molecular complexity index is 578. The Kier molecular flexibility index (Phi) is 3.83. The SMILES string of the molecule is CS(=O)(=O)C1CSCCN1c1cccc(C#N)c1. The lowest BCUT2D eigenvalue weighted by molar-refractivity contribution is 0.584. The second-order valence-electron chi connectivity index (χ2n) is 4.21. The summed E-state index contributed by atoms with van der Waals surface area (Å²) < 4.78 is 23.6. The zero-order valence-electron chi connectivity index (χ0n) is 10.0. The van der Waals surface area contributed by atoms with Crippen molar-refractivity contribution in [3.8, 4) is 6.07 Å². The highest BCUT2D eigenvalue weighted by Crippen LogP contribution is 2.27. The summed E-state index contributed by atoms with van der Waals surface area (Å²) in [6, 6.07) is 9.19. The molecular weight excluding hydrogens is 268 g/mol. The molecule has 0 spiro atoms. The molecule has 1 atom stereocenters. The first-order valence-electron chi connectivity index (χ1n) is 5.56. The van der Waals surface area contributed by atoms with Crippen LogP contribution in [0.25, 0.3) is 0 Å². The van der Waals surface area contributed by atoms with E-state index in [1.165, 1.54) is 6.26 Å². The van der Waals surface area contributed by atoms with Crippen LogP contribution in [0.4, 0.5) is 5.69 Å². The van der Waals surface area contributed by atoms with Gasteiger partial charge < -0.3 is 4.90 Å². The van der Waals surface area contributed by atoms with Gasteiger partial charge in [0.15, 0.2) is 9.84 Å². The normalized spacial score (nSPS) is 20.4. The van der Waals surface area contributed by atoms with Crippen molar-refractivity contribution in [2.24, 2.45) is 0 Å². The van der Waals surface area contributed by atoms with Crippen molar-refractivity contribution < 1.29 is 8.42 Å². The molecule has 1 aliphatic heterocycles. The van der Waals surface area contributed by atoms with Crippen molar-refractivity contribution in [3.63, 3.8) is 0 Å². The minimum absolute atomic E-state index is 0.495. The van der Waals surface area contributed by atoms with Crippen LogP contribution in [0.1, 0.15) is 5.56 Å². The lowest BCUT2D eigenvalue weighted by Crippen LogP contribution is -2.47. The number of sulfone groups is 1. The molecule has 0 radical (unpaired) electrons. The molecule has 0 aromatic heterocycles. The van der Waals surface area contributed by atoms with Gasteiger partial charge in [0.25, 0.3) is 0 Å². The van der Waals surface area contributed by atoms with Crippen LogP contribution in [-0.2, 0) is 9.84 Å². The van der Waals surface area contributed by atoms with E-state index in [0.29, 0.717) is 17.9 Å². The second kappa shape index (κ2) is 5.21. The molecule has 1 heterocycles. The van der Waals surface area contributed by atoms with Crippen molar-refractivity contribution >= 4 is 27.3 Å². The minimum Gasteiger partial charge on any atom is -0.353 e. The molecule has 4 nitrogen and oxygen atoms in total. The van der Waals surface area contributed by atoms with Gasteiger partial charge >= 0.3 is 0 Å². The fourth-order valence-electron chi connectivity index (χ4n) is 1.99. The highest BCUT2D eigenvalue weighted by molar-refractivity contribution is 8.01. The summed E-state index contributed by atoms with van der Waals surface area (Å²) in [6.07, 6.45) is 1.27. The average Bonchev–Trinajstić information content (AvgIpc) is 2.38. The largest absolute Gasteiger partial charge is 0.353 e. The molecule has 1 fully saturated rings. The molecule has 0 saturated carbocycles. The monoisotopic (exact) mass is 282 g/mol. The molecule has 1 aromatic rings. The first kappa shape index (κ1) is 13.2. The third kappa shape index (κ3) is 2.79. The number of anilines is 1. The molecule has 6 heteroatoms. The van der Waals surface area contributed by atoms with Crippen molar-refractivity contribution in [2.45, 2.75) is 5.37 Å². The number of rotatable bonds is 2. The van der Waals surface area contributed by atoms with Crippen molar-refractivity contribution in [2.75, 3.05) is 29.2 Å². The minimum atomic E-state index is -3.12. The Morgan fingerprint density at radius 2 is 2.28 bits per heavy atom. The summed E-state index contributed by atoms with van der Waals surface area (Å²) in [4.78, 5) is 1.88. The van der Waals surface area contributed by atoms with E-state index >= 15 is 0 Å². The second-order valence-corrected chi connectivity index (χ2v) is 7.57. The molecule has 1 saturated heterocycles. The van der Waals surface area contributed by atoms with E-state index in [9.17, 15) is 8.42 Å². The van der Waals surface area contributed by atoms with Gasteiger partial charge in [-0.1, -0.05) is 6.07 Å². The van der Waals surface area contributed by atoms with Gasteiger partial charge in [0.1, 0.15) is 5.37 Å². The van der Waals surface area contributed by atoms with Crippen LogP contribution in [0, 0.1) is 11.3 Å². The lowest BCUT2D eigenvalue weighted by Gasteiger charge is -2.35. The van der Waals surface area contributed by atoms with Gasteiger partial charge in [0.2, 0.25) is 0 Å². The van der Waals surface area contributed by atoms with E-state index in [2.05, 4.69) is 6.07 Å². The van der Waals surface area contributed by atoms with Crippen molar-refractivity contribution in [1.29, 1.82) is 5.26 Å². The summed E-state index contributed by atoms with van der Waals surface area (Å²) in [5, 5.41) is 8.40. The van der Waals surface area contributed by atoms with E-state index in [-0.39, 0.29) is 0 Å². The first-order chi connectivity index (χ1) is 8.52. The maximum absolute atomic E-state index is 11.8. The van der Waals surface area contributed by atoms with Crippen molar-refractivity contribution in [1.82, 2.24) is 0 Å². The molecule has 0 bridgehead atoms. The Morgan fingerprint density at radius 1 is 1.50 bits per heavy atom. The highest BCUT2D eigenvalue weighted by atomic mass is 32.2. The Hall–Kier alpha value is -1.19. The van der Waals surface area contributed by atoms with E-state index in [1.54, 1.807) is 30.0 Å². The summed E-state index contributed by atoms with van der Waals surface area (Å²) in [5.41, 5.74) is 1.36. The summed E-state index contributed by atoms with van der Waals surface area (Å²) in [7, 11) is -3.12. The number of thioether (sulfide) groups is 1. The number of hydrogen-bond donors (Lipinski definition) is 0. The fraction of sp³-hybridized carbons (Fsp3) is 0.417. The lowest BCUT2D eigenvalue weighted by atomic mass is 10.2. The number of nitrogens with zero attached hydrogens (tertiary/aromatic N) is 2. The zero-order chi connectivity index (χ0) is 13.2. The van der Waals surface area contributed by atoms with Gasteiger partial charge in [-0.05, 0) is 18.2 Å². The molecule has 0 amide bonds. The van der Waals surface area contributed by atoms with Gasteiger partial charge in [-0.3, -0.25) is 0 Å². The topological polar surface area (TPSA) is 61.2 Å². The predicted molar refractivity (Wildman–Crippen MR) is 74.5 cm³/mol. The van der Waals surface area contributed by atoms with Gasteiger partial charge in [-0.25, -0.2) is 8.42 Å². The molecule has 96 valence electrons. The van der Waals surface area contributed by atoms with Crippen molar-refractivity contribution in [3.05, 3.63) is 29.8 Å². The van der Waals surface area contributed by atoms with Gasteiger partial charge in [-0.15, -0.1) is 0 Å². The Morgan fingerprint density at radius 3 is 2.94 bits per heavy atom. The zero-order valence-corrected chi connectivity index (χ0v) is 11.7. The molecular formula is C12H14N2O2S2. The average molecular weight is 282 g/mol. The number of hydrogen-bond acceptors (Lipinski definition) is 5. The van der Waals surface area contributed by atoms with Crippen LogP contribution < -0.4 is 4.90 Å². The third-order valence-corrected chi connectivity index (χ3v) is 5.53.